The molecule has 2 atom stereocenters. The highest BCUT2D eigenvalue weighted by molar-refractivity contribution is 5.43. The fourth-order valence-corrected chi connectivity index (χ4v) is 2.15. The van der Waals surface area contributed by atoms with Crippen molar-refractivity contribution in [3.05, 3.63) is 23.8 Å². The molecule has 98 valence electrons. The van der Waals surface area contributed by atoms with Crippen molar-refractivity contribution in [2.75, 3.05) is 7.11 Å². The maximum Gasteiger partial charge on any atom is 0.160 e. The summed E-state index contributed by atoms with van der Waals surface area (Å²) in [5, 5.41) is 18.5. The van der Waals surface area contributed by atoms with Gasteiger partial charge in [-0.2, -0.15) is 5.26 Å². The van der Waals surface area contributed by atoms with Gasteiger partial charge in [0.25, 0.3) is 0 Å². The number of benzene rings is 1. The Morgan fingerprint density at radius 1 is 1.33 bits per heavy atom. The largest absolute Gasteiger partial charge is 0.504 e. The average Bonchev–Trinajstić information content (AvgIpc) is 2.36. The molecule has 1 N–H and O–H groups in total. The molecule has 0 bridgehead atoms. The van der Waals surface area contributed by atoms with Crippen molar-refractivity contribution in [3.8, 4) is 17.6 Å². The van der Waals surface area contributed by atoms with Crippen molar-refractivity contribution in [2.45, 2.75) is 33.1 Å². The molecule has 0 aliphatic carbocycles. The van der Waals surface area contributed by atoms with Gasteiger partial charge in [0.15, 0.2) is 11.5 Å². The number of hydrogen-bond acceptors (Lipinski definition) is 3. The Bertz CT molecular complexity index is 435. The molecular weight excluding hydrogens is 226 g/mol. The predicted molar refractivity (Wildman–Crippen MR) is 71.6 cm³/mol. The van der Waals surface area contributed by atoms with E-state index in [4.69, 9.17) is 10.00 Å². The molecule has 0 aliphatic rings. The Morgan fingerprint density at radius 2 is 2.00 bits per heavy atom. The van der Waals surface area contributed by atoms with E-state index < -0.39 is 0 Å². The highest BCUT2D eigenvalue weighted by Crippen LogP contribution is 2.35. The predicted octanol–water partition coefficient (Wildman–Crippen LogP) is 3.69. The molecule has 0 amide bonds. The lowest BCUT2D eigenvalue weighted by Crippen LogP contribution is -2.10. The maximum absolute atomic E-state index is 9.61. The highest BCUT2D eigenvalue weighted by Gasteiger charge is 2.20. The summed E-state index contributed by atoms with van der Waals surface area (Å²) in [5.41, 5.74) is 1.11. The van der Waals surface area contributed by atoms with Crippen LogP contribution in [0.5, 0.6) is 11.5 Å². The molecule has 3 heteroatoms. The third-order valence-corrected chi connectivity index (χ3v) is 3.26. The number of aromatic hydroxyl groups is 1. The lowest BCUT2D eigenvalue weighted by Gasteiger charge is -2.23. The van der Waals surface area contributed by atoms with Gasteiger partial charge in [-0.3, -0.25) is 0 Å². The van der Waals surface area contributed by atoms with Crippen molar-refractivity contribution in [3.63, 3.8) is 0 Å². The second-order valence-electron chi connectivity index (χ2n) is 5.05. The second-order valence-corrected chi connectivity index (χ2v) is 5.05. The van der Waals surface area contributed by atoms with Crippen LogP contribution in [-0.2, 0) is 0 Å². The van der Waals surface area contributed by atoms with Crippen LogP contribution in [0.15, 0.2) is 18.2 Å². The van der Waals surface area contributed by atoms with E-state index in [1.807, 2.05) is 19.1 Å². The first-order valence-electron chi connectivity index (χ1n) is 6.26. The summed E-state index contributed by atoms with van der Waals surface area (Å²) in [6, 6.07) is 7.71. The normalized spacial score (nSPS) is 14.0. The minimum atomic E-state index is 0.0252. The van der Waals surface area contributed by atoms with E-state index in [1.165, 1.54) is 0 Å². The summed E-state index contributed by atoms with van der Waals surface area (Å²) >= 11 is 0. The number of methoxy groups -OCH3 is 1. The Labute approximate surface area is 109 Å². The zero-order valence-corrected chi connectivity index (χ0v) is 11.5. The average molecular weight is 247 g/mol. The molecule has 0 aromatic heterocycles. The molecule has 0 heterocycles. The molecule has 0 saturated heterocycles. The van der Waals surface area contributed by atoms with E-state index >= 15 is 0 Å². The molecule has 18 heavy (non-hydrogen) atoms. The zero-order valence-electron chi connectivity index (χ0n) is 11.5. The third kappa shape index (κ3) is 3.40. The van der Waals surface area contributed by atoms with E-state index in [0.717, 1.165) is 12.0 Å². The first-order chi connectivity index (χ1) is 8.49. The van der Waals surface area contributed by atoms with Crippen molar-refractivity contribution >= 4 is 0 Å². The molecule has 1 aromatic carbocycles. The van der Waals surface area contributed by atoms with E-state index in [-0.39, 0.29) is 11.7 Å². The van der Waals surface area contributed by atoms with Crippen LogP contribution in [0.3, 0.4) is 0 Å². The number of nitriles is 1. The van der Waals surface area contributed by atoms with Gasteiger partial charge in [-0.1, -0.05) is 19.9 Å². The summed E-state index contributed by atoms with van der Waals surface area (Å²) in [7, 11) is 1.54. The molecule has 2 unspecified atom stereocenters. The topological polar surface area (TPSA) is 53.2 Å². The standard InChI is InChI=1S/C15H21NO2/c1-10(2)13(7-11(3)9-16)12-5-6-14(17)15(8-12)18-4/h5-6,8,10-11,13,17H,7H2,1-4H3. The van der Waals surface area contributed by atoms with Crippen molar-refractivity contribution in [1.82, 2.24) is 0 Å². The van der Waals surface area contributed by atoms with E-state index in [2.05, 4.69) is 19.9 Å². The van der Waals surface area contributed by atoms with E-state index in [9.17, 15) is 5.11 Å². The smallest absolute Gasteiger partial charge is 0.160 e. The van der Waals surface area contributed by atoms with Gasteiger partial charge in [0.2, 0.25) is 0 Å². The molecule has 3 nitrogen and oxygen atoms in total. The number of ether oxygens (including phenoxy) is 1. The quantitative estimate of drug-likeness (QED) is 0.863. The summed E-state index contributed by atoms with van der Waals surface area (Å²) in [6.07, 6.45) is 0.822. The Morgan fingerprint density at radius 3 is 2.50 bits per heavy atom. The second kappa shape index (κ2) is 6.30. The zero-order chi connectivity index (χ0) is 13.7. The number of rotatable bonds is 5. The lowest BCUT2D eigenvalue weighted by atomic mass is 9.82. The molecule has 0 spiro atoms. The lowest BCUT2D eigenvalue weighted by molar-refractivity contribution is 0.370. The fraction of sp³-hybridized carbons (Fsp3) is 0.533. The fourth-order valence-electron chi connectivity index (χ4n) is 2.15. The SMILES string of the molecule is COc1cc(C(CC(C)C#N)C(C)C)ccc1O. The van der Waals surface area contributed by atoms with Crippen molar-refractivity contribution in [1.29, 1.82) is 5.26 Å². The van der Waals surface area contributed by atoms with Crippen LogP contribution in [0.25, 0.3) is 0 Å². The van der Waals surface area contributed by atoms with Gasteiger partial charge in [0.1, 0.15) is 0 Å². The van der Waals surface area contributed by atoms with Crippen LogP contribution >= 0.6 is 0 Å². The minimum Gasteiger partial charge on any atom is -0.504 e. The first-order valence-corrected chi connectivity index (χ1v) is 6.26. The monoisotopic (exact) mass is 247 g/mol. The van der Waals surface area contributed by atoms with Crippen LogP contribution in [0.4, 0.5) is 0 Å². The summed E-state index contributed by atoms with van der Waals surface area (Å²) in [5.74, 6) is 1.40. The van der Waals surface area contributed by atoms with E-state index in [1.54, 1.807) is 13.2 Å². The van der Waals surface area contributed by atoms with Crippen molar-refractivity contribution in [2.24, 2.45) is 11.8 Å². The van der Waals surface area contributed by atoms with Crippen LogP contribution in [-0.4, -0.2) is 12.2 Å². The van der Waals surface area contributed by atoms with Crippen LogP contribution in [0.1, 0.15) is 38.7 Å². The number of phenolic OH excluding ortho intramolecular Hbond substituents is 1. The minimum absolute atomic E-state index is 0.0252. The number of hydrogen-bond donors (Lipinski definition) is 1. The first kappa shape index (κ1) is 14.4. The van der Waals surface area contributed by atoms with Gasteiger partial charge in [-0.15, -0.1) is 0 Å². The number of phenols is 1. The van der Waals surface area contributed by atoms with E-state index in [0.29, 0.717) is 17.6 Å². The highest BCUT2D eigenvalue weighted by atomic mass is 16.5. The van der Waals surface area contributed by atoms with Gasteiger partial charge in [0.05, 0.1) is 13.2 Å². The van der Waals surface area contributed by atoms with Crippen molar-refractivity contribution < 1.29 is 9.84 Å². The van der Waals surface area contributed by atoms with Gasteiger partial charge < -0.3 is 9.84 Å². The molecule has 0 saturated carbocycles. The van der Waals surface area contributed by atoms with Gasteiger partial charge in [0, 0.05) is 5.92 Å². The van der Waals surface area contributed by atoms with Crippen LogP contribution in [0, 0.1) is 23.2 Å². The molecule has 0 radical (unpaired) electrons. The van der Waals surface area contributed by atoms with Crippen LogP contribution < -0.4 is 4.74 Å². The third-order valence-electron chi connectivity index (χ3n) is 3.26. The van der Waals surface area contributed by atoms with Gasteiger partial charge >= 0.3 is 0 Å². The molecule has 1 aromatic rings. The Kier molecular flexibility index (Phi) is 5.03. The Hall–Kier alpha value is -1.69. The molecule has 1 rings (SSSR count). The summed E-state index contributed by atoms with van der Waals surface area (Å²) in [6.45, 7) is 6.23. The summed E-state index contributed by atoms with van der Waals surface area (Å²) < 4.78 is 5.13. The maximum atomic E-state index is 9.61. The van der Waals surface area contributed by atoms with Gasteiger partial charge in [-0.05, 0) is 42.9 Å². The number of nitrogens with zero attached hydrogens (tertiary/aromatic N) is 1. The molecule has 0 aliphatic heterocycles. The summed E-state index contributed by atoms with van der Waals surface area (Å²) in [4.78, 5) is 0. The van der Waals surface area contributed by atoms with Gasteiger partial charge in [-0.25, -0.2) is 0 Å². The van der Waals surface area contributed by atoms with Crippen LogP contribution in [0.2, 0.25) is 0 Å². The molecular formula is C15H21NO2. The molecule has 0 fully saturated rings. The Balaban J connectivity index is 3.03.